The van der Waals surface area contributed by atoms with Gasteiger partial charge in [-0.15, -0.1) is 0 Å². The summed E-state index contributed by atoms with van der Waals surface area (Å²) in [6.45, 7) is 4.56. The van der Waals surface area contributed by atoms with E-state index in [1.807, 2.05) is 38.1 Å². The van der Waals surface area contributed by atoms with Crippen LogP contribution in [-0.2, 0) is 22.6 Å². The van der Waals surface area contributed by atoms with E-state index in [0.717, 1.165) is 17.5 Å². The number of carbonyl (C=O) groups is 2. The maximum absolute atomic E-state index is 12.7. The molecule has 1 aliphatic heterocycles. The van der Waals surface area contributed by atoms with Crippen molar-refractivity contribution in [2.45, 2.75) is 39.3 Å². The van der Waals surface area contributed by atoms with Gasteiger partial charge in [-0.1, -0.05) is 38.1 Å². The number of fused-ring (bicyclic) bond motifs is 1. The maximum atomic E-state index is 12.7. The molecule has 0 spiro atoms. The minimum atomic E-state index is -0.483. The van der Waals surface area contributed by atoms with Gasteiger partial charge in [0.1, 0.15) is 6.04 Å². The number of nitrogens with zero attached hydrogens (tertiary/aromatic N) is 2. The largest absolute Gasteiger partial charge is 0.395 e. The van der Waals surface area contributed by atoms with E-state index < -0.39 is 6.04 Å². The van der Waals surface area contributed by atoms with E-state index in [-0.39, 0.29) is 30.9 Å². The maximum Gasteiger partial charge on any atom is 0.245 e. The van der Waals surface area contributed by atoms with Gasteiger partial charge in [0.15, 0.2) is 0 Å². The molecule has 2 rings (SSSR count). The molecule has 0 bridgehead atoms. The number of aliphatic hydroxyl groups is 1. The van der Waals surface area contributed by atoms with Crippen LogP contribution in [-0.4, -0.2) is 53.0 Å². The highest BCUT2D eigenvalue weighted by molar-refractivity contribution is 5.89. The van der Waals surface area contributed by atoms with Crippen LogP contribution in [0.1, 0.15) is 31.4 Å². The molecule has 2 unspecified atom stereocenters. The van der Waals surface area contributed by atoms with Gasteiger partial charge in [-0.3, -0.25) is 9.59 Å². The third-order valence-electron chi connectivity index (χ3n) is 4.66. The number of likely N-dealkylation sites (N-methyl/N-ethyl adjacent to an activating group) is 1. The first kappa shape index (κ1) is 17.5. The summed E-state index contributed by atoms with van der Waals surface area (Å²) in [5.41, 5.74) is 2.23. The van der Waals surface area contributed by atoms with Gasteiger partial charge in [0.2, 0.25) is 11.8 Å². The van der Waals surface area contributed by atoms with Crippen LogP contribution in [0.2, 0.25) is 0 Å². The molecule has 0 radical (unpaired) electrons. The van der Waals surface area contributed by atoms with E-state index >= 15 is 0 Å². The molecule has 1 heterocycles. The zero-order valence-corrected chi connectivity index (χ0v) is 14.2. The van der Waals surface area contributed by atoms with Gasteiger partial charge in [-0.2, -0.15) is 0 Å². The Kier molecular flexibility index (Phi) is 5.77. The molecular weight excluding hydrogens is 292 g/mol. The van der Waals surface area contributed by atoms with Crippen molar-refractivity contribution in [2.24, 2.45) is 5.92 Å². The van der Waals surface area contributed by atoms with Gasteiger partial charge in [-0.05, 0) is 17.5 Å². The molecule has 1 aromatic carbocycles. The van der Waals surface area contributed by atoms with Crippen molar-refractivity contribution in [2.75, 3.05) is 20.2 Å². The lowest BCUT2D eigenvalue weighted by molar-refractivity contribution is -0.148. The van der Waals surface area contributed by atoms with Crippen LogP contribution in [0.15, 0.2) is 24.3 Å². The minimum Gasteiger partial charge on any atom is -0.395 e. The first-order valence-corrected chi connectivity index (χ1v) is 8.22. The predicted molar refractivity (Wildman–Crippen MR) is 88.7 cm³/mol. The smallest absolute Gasteiger partial charge is 0.245 e. The summed E-state index contributed by atoms with van der Waals surface area (Å²) < 4.78 is 0. The Morgan fingerprint density at radius 1 is 1.35 bits per heavy atom. The van der Waals surface area contributed by atoms with Crippen molar-refractivity contribution in [1.29, 1.82) is 0 Å². The summed E-state index contributed by atoms with van der Waals surface area (Å²) in [6, 6.07) is 7.48. The number of aliphatic hydroxyl groups excluding tert-OH is 1. The number of rotatable bonds is 5. The molecule has 0 fully saturated rings. The Balaban J connectivity index is 2.31. The highest BCUT2D eigenvalue weighted by Crippen LogP contribution is 2.26. The fraction of sp³-hybridized carbons (Fsp3) is 0.556. The van der Waals surface area contributed by atoms with Crippen molar-refractivity contribution >= 4 is 11.8 Å². The van der Waals surface area contributed by atoms with E-state index in [0.29, 0.717) is 13.0 Å². The molecule has 1 aromatic rings. The van der Waals surface area contributed by atoms with Crippen LogP contribution < -0.4 is 0 Å². The number of carbonyl (C=O) groups excluding carboxylic acids is 2. The highest BCUT2D eigenvalue weighted by Gasteiger charge is 2.36. The zero-order valence-electron chi connectivity index (χ0n) is 14.2. The molecule has 1 N–H and O–H groups in total. The van der Waals surface area contributed by atoms with Crippen LogP contribution in [0.3, 0.4) is 0 Å². The van der Waals surface area contributed by atoms with Crippen molar-refractivity contribution < 1.29 is 14.7 Å². The third-order valence-corrected chi connectivity index (χ3v) is 4.66. The van der Waals surface area contributed by atoms with Gasteiger partial charge in [0.25, 0.3) is 0 Å². The summed E-state index contributed by atoms with van der Waals surface area (Å²) >= 11 is 0. The Hall–Kier alpha value is -1.88. The molecule has 2 amide bonds. The quantitative estimate of drug-likeness (QED) is 0.893. The first-order chi connectivity index (χ1) is 11.0. The summed E-state index contributed by atoms with van der Waals surface area (Å²) in [5, 5.41) is 9.07. The summed E-state index contributed by atoms with van der Waals surface area (Å²) in [7, 11) is 1.67. The number of benzene rings is 1. The lowest BCUT2D eigenvalue weighted by Gasteiger charge is -2.39. The van der Waals surface area contributed by atoms with Crippen molar-refractivity contribution in [3.05, 3.63) is 35.4 Å². The fourth-order valence-corrected chi connectivity index (χ4v) is 2.95. The predicted octanol–water partition coefficient (Wildman–Crippen LogP) is 1.44. The van der Waals surface area contributed by atoms with Crippen LogP contribution in [0.4, 0.5) is 0 Å². The molecule has 0 saturated carbocycles. The van der Waals surface area contributed by atoms with Crippen molar-refractivity contribution in [3.63, 3.8) is 0 Å². The monoisotopic (exact) mass is 318 g/mol. The molecule has 1 aliphatic rings. The van der Waals surface area contributed by atoms with Gasteiger partial charge in [-0.25, -0.2) is 0 Å². The Bertz CT molecular complexity index is 573. The van der Waals surface area contributed by atoms with Crippen LogP contribution >= 0.6 is 0 Å². The topological polar surface area (TPSA) is 60.9 Å². The SMILES string of the molecule is CCC(C)C(=O)N1Cc2ccccc2CC1C(=O)N(C)CCO. The number of hydrogen-bond donors (Lipinski definition) is 1. The average molecular weight is 318 g/mol. The first-order valence-electron chi connectivity index (χ1n) is 8.22. The summed E-state index contributed by atoms with van der Waals surface area (Å²) in [6.07, 6.45) is 1.29. The summed E-state index contributed by atoms with van der Waals surface area (Å²) in [5.74, 6) is -0.179. The van der Waals surface area contributed by atoms with E-state index in [1.165, 1.54) is 4.90 Å². The second kappa shape index (κ2) is 7.59. The molecule has 126 valence electrons. The van der Waals surface area contributed by atoms with Crippen LogP contribution in [0.5, 0.6) is 0 Å². The van der Waals surface area contributed by atoms with Crippen molar-refractivity contribution in [1.82, 2.24) is 9.80 Å². The zero-order chi connectivity index (χ0) is 17.0. The molecule has 0 aromatic heterocycles. The molecule has 0 aliphatic carbocycles. The normalized spacial score (nSPS) is 18.3. The van der Waals surface area contributed by atoms with Gasteiger partial charge >= 0.3 is 0 Å². The molecule has 5 nitrogen and oxygen atoms in total. The van der Waals surface area contributed by atoms with Crippen LogP contribution in [0, 0.1) is 5.92 Å². The lowest BCUT2D eigenvalue weighted by atomic mass is 9.91. The molecule has 0 saturated heterocycles. The Morgan fingerprint density at radius 2 is 2.00 bits per heavy atom. The van der Waals surface area contributed by atoms with Crippen molar-refractivity contribution in [3.8, 4) is 0 Å². The summed E-state index contributed by atoms with van der Waals surface area (Å²) in [4.78, 5) is 28.7. The number of amides is 2. The van der Waals surface area contributed by atoms with Crippen LogP contribution in [0.25, 0.3) is 0 Å². The highest BCUT2D eigenvalue weighted by atomic mass is 16.3. The second-order valence-corrected chi connectivity index (χ2v) is 6.25. The molecular formula is C18H26N2O3. The van der Waals surface area contributed by atoms with Gasteiger partial charge in [0.05, 0.1) is 6.61 Å². The average Bonchev–Trinajstić information content (AvgIpc) is 2.58. The fourth-order valence-electron chi connectivity index (χ4n) is 2.95. The lowest BCUT2D eigenvalue weighted by Crippen LogP contribution is -2.54. The second-order valence-electron chi connectivity index (χ2n) is 6.25. The molecule has 23 heavy (non-hydrogen) atoms. The van der Waals surface area contributed by atoms with Gasteiger partial charge in [0, 0.05) is 32.5 Å². The van der Waals surface area contributed by atoms with E-state index in [4.69, 9.17) is 5.11 Å². The molecule has 2 atom stereocenters. The van der Waals surface area contributed by atoms with Gasteiger partial charge < -0.3 is 14.9 Å². The van der Waals surface area contributed by atoms with E-state index in [9.17, 15) is 9.59 Å². The van der Waals surface area contributed by atoms with E-state index in [1.54, 1.807) is 11.9 Å². The third kappa shape index (κ3) is 3.72. The Labute approximate surface area is 137 Å². The molecule has 5 heteroatoms. The van der Waals surface area contributed by atoms with E-state index in [2.05, 4.69) is 0 Å². The Morgan fingerprint density at radius 3 is 2.61 bits per heavy atom. The standard InChI is InChI=1S/C18H26N2O3/c1-4-13(2)17(22)20-12-15-8-6-5-7-14(15)11-16(20)18(23)19(3)9-10-21/h5-8,13,16,21H,4,9-12H2,1-3H3. The minimum absolute atomic E-state index is 0.0257. The number of hydrogen-bond acceptors (Lipinski definition) is 3.